The summed E-state index contributed by atoms with van der Waals surface area (Å²) >= 11 is 0. The number of methoxy groups -OCH3 is 1. The van der Waals surface area contributed by atoms with Crippen LogP contribution in [0.2, 0.25) is 0 Å². The van der Waals surface area contributed by atoms with Crippen LogP contribution in [0.4, 0.5) is 4.79 Å². The second-order valence-electron chi connectivity index (χ2n) is 15.5. The standard InChI is InChI=1S/C33H60N2O5/c1-14-16-32(11,22-29(3,4)5)19-18-31(9,10)23-33(12,17-15-2)27(37)34-24-20-25(26(36)39-13)35(21-24)28(38)40-30(6,7)8/h18-19,24-25H,14-17,20-23H2,1-13H3,(H,34,37). The minimum Gasteiger partial charge on any atom is -0.467 e. The lowest BCUT2D eigenvalue weighted by Crippen LogP contribution is -2.47. The summed E-state index contributed by atoms with van der Waals surface area (Å²) in [5, 5.41) is 3.19. The number of hydrogen-bond donors (Lipinski definition) is 1. The molecule has 0 aromatic carbocycles. The number of nitrogens with zero attached hydrogens (tertiary/aromatic N) is 1. The Kier molecular flexibility index (Phi) is 12.4. The molecule has 0 radical (unpaired) electrons. The molecule has 1 N–H and O–H groups in total. The fourth-order valence-electron chi connectivity index (χ4n) is 6.52. The van der Waals surface area contributed by atoms with Crippen molar-refractivity contribution in [3.63, 3.8) is 0 Å². The molecule has 1 fully saturated rings. The number of amides is 2. The summed E-state index contributed by atoms with van der Waals surface area (Å²) in [5.74, 6) is -0.544. The summed E-state index contributed by atoms with van der Waals surface area (Å²) in [7, 11) is 1.31. The molecule has 1 saturated heterocycles. The van der Waals surface area contributed by atoms with Gasteiger partial charge >= 0.3 is 12.1 Å². The Labute approximate surface area is 245 Å². The molecular weight excluding hydrogens is 504 g/mol. The van der Waals surface area contributed by atoms with Gasteiger partial charge in [0.05, 0.1) is 7.11 Å². The summed E-state index contributed by atoms with van der Waals surface area (Å²) in [6, 6.07) is -1.15. The fourth-order valence-corrected chi connectivity index (χ4v) is 6.52. The number of ether oxygens (including phenoxy) is 2. The van der Waals surface area contributed by atoms with E-state index in [1.165, 1.54) is 12.0 Å². The van der Waals surface area contributed by atoms with Crippen molar-refractivity contribution >= 4 is 18.0 Å². The van der Waals surface area contributed by atoms with Crippen molar-refractivity contribution in [2.45, 2.75) is 146 Å². The van der Waals surface area contributed by atoms with E-state index in [1.54, 1.807) is 20.8 Å². The number of carbonyl (C=O) groups excluding carboxylic acids is 3. The molecule has 7 nitrogen and oxygen atoms in total. The second kappa shape index (κ2) is 13.7. The molecule has 0 bridgehead atoms. The molecule has 1 aliphatic rings. The molecule has 1 aliphatic heterocycles. The van der Waals surface area contributed by atoms with E-state index in [9.17, 15) is 14.4 Å². The van der Waals surface area contributed by atoms with E-state index in [-0.39, 0.29) is 34.7 Å². The number of carbonyl (C=O) groups is 3. The van der Waals surface area contributed by atoms with Crippen molar-refractivity contribution < 1.29 is 23.9 Å². The molecule has 2 amide bonds. The second-order valence-corrected chi connectivity index (χ2v) is 15.5. The van der Waals surface area contributed by atoms with Gasteiger partial charge in [-0.2, -0.15) is 0 Å². The average Bonchev–Trinajstić information content (AvgIpc) is 3.19. The molecule has 4 atom stereocenters. The Hall–Kier alpha value is -2.05. The molecule has 4 unspecified atom stereocenters. The molecule has 7 heteroatoms. The Morgan fingerprint density at radius 1 is 0.875 bits per heavy atom. The SMILES string of the molecule is CCCC(C)(C=CC(C)(C)CC(C)(CCC)C(=O)NC1CC(C(=O)OC)N(C(=O)OC(C)(C)C)C1)CC(C)(C)C. The molecule has 1 rings (SSSR count). The molecule has 0 spiro atoms. The largest absolute Gasteiger partial charge is 0.467 e. The molecule has 232 valence electrons. The van der Waals surface area contributed by atoms with Crippen LogP contribution >= 0.6 is 0 Å². The van der Waals surface area contributed by atoms with Crippen LogP contribution in [0.5, 0.6) is 0 Å². The summed E-state index contributed by atoms with van der Waals surface area (Å²) in [6.07, 6.45) is 10.1. The maximum Gasteiger partial charge on any atom is 0.411 e. The smallest absolute Gasteiger partial charge is 0.411 e. The van der Waals surface area contributed by atoms with Crippen LogP contribution < -0.4 is 5.32 Å². The van der Waals surface area contributed by atoms with E-state index in [0.29, 0.717) is 12.8 Å². The molecule has 0 aromatic heterocycles. The topological polar surface area (TPSA) is 84.9 Å². The van der Waals surface area contributed by atoms with Gasteiger partial charge in [-0.3, -0.25) is 9.69 Å². The van der Waals surface area contributed by atoms with E-state index in [4.69, 9.17) is 9.47 Å². The van der Waals surface area contributed by atoms with E-state index in [0.717, 1.165) is 32.1 Å². The lowest BCUT2D eigenvalue weighted by Gasteiger charge is -2.38. The first-order valence-electron chi connectivity index (χ1n) is 15.2. The van der Waals surface area contributed by atoms with Crippen LogP contribution in [0.3, 0.4) is 0 Å². The molecule has 1 heterocycles. The third-order valence-corrected chi connectivity index (χ3v) is 7.63. The number of esters is 1. The van der Waals surface area contributed by atoms with Crippen LogP contribution in [-0.2, 0) is 19.1 Å². The van der Waals surface area contributed by atoms with Crippen molar-refractivity contribution in [1.29, 1.82) is 0 Å². The maximum atomic E-state index is 13.8. The lowest BCUT2D eigenvalue weighted by atomic mass is 9.68. The highest BCUT2D eigenvalue weighted by atomic mass is 16.6. The first-order chi connectivity index (χ1) is 18.1. The van der Waals surface area contributed by atoms with Crippen molar-refractivity contribution in [3.05, 3.63) is 12.2 Å². The first-order valence-corrected chi connectivity index (χ1v) is 15.2. The van der Waals surface area contributed by atoms with Gasteiger partial charge in [-0.1, -0.05) is 87.3 Å². The Morgan fingerprint density at radius 3 is 1.93 bits per heavy atom. The zero-order valence-corrected chi connectivity index (χ0v) is 28.0. The van der Waals surface area contributed by atoms with Gasteiger partial charge in [0.15, 0.2) is 0 Å². The lowest BCUT2D eigenvalue weighted by molar-refractivity contribution is -0.145. The van der Waals surface area contributed by atoms with Crippen molar-refractivity contribution in [2.24, 2.45) is 21.7 Å². The number of rotatable bonds is 12. The van der Waals surface area contributed by atoms with Gasteiger partial charge in [0, 0.05) is 24.4 Å². The third-order valence-electron chi connectivity index (χ3n) is 7.63. The fraction of sp³-hybridized carbons (Fsp3) is 0.848. The highest BCUT2D eigenvalue weighted by molar-refractivity contribution is 5.85. The van der Waals surface area contributed by atoms with Gasteiger partial charge in [-0.05, 0) is 62.7 Å². The van der Waals surface area contributed by atoms with Crippen LogP contribution in [0.25, 0.3) is 0 Å². The number of nitrogens with one attached hydrogen (secondary N) is 1. The number of likely N-dealkylation sites (tertiary alicyclic amines) is 1. The van der Waals surface area contributed by atoms with Gasteiger partial charge in [0.2, 0.25) is 5.91 Å². The summed E-state index contributed by atoms with van der Waals surface area (Å²) in [4.78, 5) is 40.6. The van der Waals surface area contributed by atoms with Gasteiger partial charge < -0.3 is 14.8 Å². The Morgan fingerprint density at radius 2 is 1.45 bits per heavy atom. The normalized spacial score (nSPS) is 21.6. The van der Waals surface area contributed by atoms with Crippen LogP contribution in [0.15, 0.2) is 12.2 Å². The van der Waals surface area contributed by atoms with Crippen LogP contribution in [-0.4, -0.2) is 54.2 Å². The molecule has 0 aliphatic carbocycles. The molecule has 0 saturated carbocycles. The minimum atomic E-state index is -0.791. The summed E-state index contributed by atoms with van der Waals surface area (Å²) < 4.78 is 10.5. The monoisotopic (exact) mass is 564 g/mol. The highest BCUT2D eigenvalue weighted by Crippen LogP contribution is 2.43. The minimum absolute atomic E-state index is 0.0403. The molecule has 0 aromatic rings. The number of hydrogen-bond acceptors (Lipinski definition) is 5. The van der Waals surface area contributed by atoms with E-state index < -0.39 is 29.1 Å². The van der Waals surface area contributed by atoms with Crippen molar-refractivity contribution in [1.82, 2.24) is 10.2 Å². The van der Waals surface area contributed by atoms with Gasteiger partial charge in [-0.25, -0.2) is 9.59 Å². The third kappa shape index (κ3) is 11.4. The quantitative estimate of drug-likeness (QED) is 0.194. The summed E-state index contributed by atoms with van der Waals surface area (Å²) in [6.45, 7) is 25.6. The van der Waals surface area contributed by atoms with Gasteiger partial charge in [-0.15, -0.1) is 0 Å². The van der Waals surface area contributed by atoms with Crippen LogP contribution in [0.1, 0.15) is 128 Å². The average molecular weight is 565 g/mol. The maximum absolute atomic E-state index is 13.8. The Bertz CT molecular complexity index is 897. The summed E-state index contributed by atoms with van der Waals surface area (Å²) in [5.41, 5.74) is -1.16. The van der Waals surface area contributed by atoms with Crippen LogP contribution in [0, 0.1) is 21.7 Å². The first kappa shape index (κ1) is 36.0. The Balaban J connectivity index is 3.13. The molecular formula is C33H60N2O5. The number of allylic oxidation sites excluding steroid dienone is 2. The van der Waals surface area contributed by atoms with E-state index >= 15 is 0 Å². The predicted octanol–water partition coefficient (Wildman–Crippen LogP) is 7.68. The van der Waals surface area contributed by atoms with E-state index in [1.807, 2.05) is 6.92 Å². The molecule has 40 heavy (non-hydrogen) atoms. The van der Waals surface area contributed by atoms with Gasteiger partial charge in [0.25, 0.3) is 0 Å². The van der Waals surface area contributed by atoms with Gasteiger partial charge in [0.1, 0.15) is 11.6 Å². The zero-order chi connectivity index (χ0) is 31.2. The predicted molar refractivity (Wildman–Crippen MR) is 163 cm³/mol. The highest BCUT2D eigenvalue weighted by Gasteiger charge is 2.45. The van der Waals surface area contributed by atoms with E-state index in [2.05, 4.69) is 72.9 Å². The van der Waals surface area contributed by atoms with Crippen molar-refractivity contribution in [3.8, 4) is 0 Å². The zero-order valence-electron chi connectivity index (χ0n) is 28.0. The van der Waals surface area contributed by atoms with Crippen molar-refractivity contribution in [2.75, 3.05) is 13.7 Å².